The Kier molecular flexibility index (Phi) is 5.19. The molecule has 1 aromatic heterocycles. The number of halogens is 1. The summed E-state index contributed by atoms with van der Waals surface area (Å²) in [5.41, 5.74) is -1.08. The third-order valence-electron chi connectivity index (χ3n) is 5.69. The Bertz CT molecular complexity index is 1070. The second kappa shape index (κ2) is 7.81. The molecule has 158 valence electrons. The Morgan fingerprint density at radius 2 is 2.03 bits per heavy atom. The molecule has 0 radical (unpaired) electrons. The van der Waals surface area contributed by atoms with Crippen molar-refractivity contribution in [3.63, 3.8) is 0 Å². The van der Waals surface area contributed by atoms with Crippen LogP contribution in [0.4, 0.5) is 4.39 Å². The van der Waals surface area contributed by atoms with Gasteiger partial charge < -0.3 is 15.3 Å². The number of rotatable bonds is 4. The van der Waals surface area contributed by atoms with E-state index in [9.17, 15) is 23.9 Å². The molecule has 2 amide bonds. The molecule has 3 heterocycles. The first-order valence-corrected chi connectivity index (χ1v) is 10.0. The standard InChI is InChI=1S/C21H23FN4O4/c1-2-24-16-9-5-6-10-25(16)26-12-14(18(27)19(28)17(26)21(24)30)20(29)23-11-13-7-3-4-8-15(13)22/h3-4,7-8,12,16,28H,2,5-6,9-11H2,1H3,(H,23,29)/t16-/m0/s1. The van der Waals surface area contributed by atoms with Crippen molar-refractivity contribution in [2.75, 3.05) is 18.1 Å². The number of piperidine rings is 1. The molecule has 0 unspecified atom stereocenters. The molecule has 8 nitrogen and oxygen atoms in total. The van der Waals surface area contributed by atoms with Crippen molar-refractivity contribution < 1.29 is 19.1 Å². The lowest BCUT2D eigenvalue weighted by molar-refractivity contribution is 0.0534. The molecule has 2 aliphatic heterocycles. The highest BCUT2D eigenvalue weighted by atomic mass is 19.1. The molecule has 1 aromatic carbocycles. The number of carbonyl (C=O) groups excluding carboxylic acids is 2. The van der Waals surface area contributed by atoms with Gasteiger partial charge in [0.25, 0.3) is 11.8 Å². The second-order valence-electron chi connectivity index (χ2n) is 7.42. The van der Waals surface area contributed by atoms with Crippen LogP contribution in [0.5, 0.6) is 5.75 Å². The van der Waals surface area contributed by atoms with Gasteiger partial charge in [-0.15, -0.1) is 0 Å². The highest BCUT2D eigenvalue weighted by molar-refractivity contribution is 5.99. The molecule has 2 aromatic rings. The summed E-state index contributed by atoms with van der Waals surface area (Å²) >= 11 is 0. The number of hydrogen-bond acceptors (Lipinski definition) is 5. The highest BCUT2D eigenvalue weighted by Crippen LogP contribution is 2.29. The van der Waals surface area contributed by atoms with E-state index < -0.39 is 28.8 Å². The van der Waals surface area contributed by atoms with E-state index in [2.05, 4.69) is 5.32 Å². The summed E-state index contributed by atoms with van der Waals surface area (Å²) in [6.07, 6.45) is 3.73. The van der Waals surface area contributed by atoms with Crippen molar-refractivity contribution in [3.8, 4) is 5.75 Å². The van der Waals surface area contributed by atoms with Gasteiger partial charge in [-0.3, -0.25) is 24.1 Å². The van der Waals surface area contributed by atoms with E-state index in [4.69, 9.17) is 0 Å². The van der Waals surface area contributed by atoms with Crippen LogP contribution in [0, 0.1) is 5.82 Å². The van der Waals surface area contributed by atoms with Crippen molar-refractivity contribution in [3.05, 3.63) is 63.3 Å². The summed E-state index contributed by atoms with van der Waals surface area (Å²) in [4.78, 5) is 39.9. The Hall–Kier alpha value is -3.36. The zero-order chi connectivity index (χ0) is 21.4. The molecular weight excluding hydrogens is 391 g/mol. The molecule has 0 bridgehead atoms. The maximum Gasteiger partial charge on any atom is 0.278 e. The third kappa shape index (κ3) is 3.20. The van der Waals surface area contributed by atoms with Gasteiger partial charge in [0.1, 0.15) is 17.5 Å². The summed E-state index contributed by atoms with van der Waals surface area (Å²) in [7, 11) is 0. The van der Waals surface area contributed by atoms with Crippen LogP contribution in [0.3, 0.4) is 0 Å². The minimum Gasteiger partial charge on any atom is -0.502 e. The summed E-state index contributed by atoms with van der Waals surface area (Å²) < 4.78 is 15.2. The van der Waals surface area contributed by atoms with Crippen LogP contribution in [-0.2, 0) is 6.54 Å². The Morgan fingerprint density at radius 1 is 1.27 bits per heavy atom. The lowest BCUT2D eigenvalue weighted by Gasteiger charge is -2.48. The predicted molar refractivity (Wildman–Crippen MR) is 107 cm³/mol. The van der Waals surface area contributed by atoms with E-state index in [0.29, 0.717) is 13.1 Å². The molecule has 0 saturated carbocycles. The lowest BCUT2D eigenvalue weighted by Crippen LogP contribution is -2.63. The zero-order valence-corrected chi connectivity index (χ0v) is 16.6. The van der Waals surface area contributed by atoms with Gasteiger partial charge in [0.05, 0.1) is 0 Å². The van der Waals surface area contributed by atoms with Crippen molar-refractivity contribution in [2.24, 2.45) is 0 Å². The normalized spacial score (nSPS) is 18.1. The van der Waals surface area contributed by atoms with E-state index in [0.717, 1.165) is 19.3 Å². The smallest absolute Gasteiger partial charge is 0.278 e. The van der Waals surface area contributed by atoms with Gasteiger partial charge in [-0.25, -0.2) is 4.39 Å². The van der Waals surface area contributed by atoms with E-state index in [1.54, 1.807) is 17.0 Å². The van der Waals surface area contributed by atoms with E-state index in [1.807, 2.05) is 11.9 Å². The number of aromatic nitrogens is 1. The molecule has 0 spiro atoms. The Labute approximate surface area is 172 Å². The number of hydrogen-bond donors (Lipinski definition) is 2. The van der Waals surface area contributed by atoms with E-state index in [1.165, 1.54) is 23.0 Å². The minimum absolute atomic E-state index is 0.109. The van der Waals surface area contributed by atoms with Gasteiger partial charge >= 0.3 is 0 Å². The monoisotopic (exact) mass is 414 g/mol. The molecule has 1 saturated heterocycles. The molecule has 4 rings (SSSR count). The van der Waals surface area contributed by atoms with Crippen molar-refractivity contribution in [1.82, 2.24) is 14.9 Å². The molecule has 2 N–H and O–H groups in total. The summed E-state index contributed by atoms with van der Waals surface area (Å²) in [5.74, 6) is -2.40. The number of carbonyl (C=O) groups is 2. The van der Waals surface area contributed by atoms with Gasteiger partial charge in [0, 0.05) is 31.4 Å². The van der Waals surface area contributed by atoms with E-state index >= 15 is 0 Å². The van der Waals surface area contributed by atoms with Gasteiger partial charge in [-0.2, -0.15) is 0 Å². The topological polar surface area (TPSA) is 94.9 Å². The quantitative estimate of drug-likeness (QED) is 0.792. The average Bonchev–Trinajstić information content (AvgIpc) is 2.75. The zero-order valence-electron chi connectivity index (χ0n) is 16.6. The van der Waals surface area contributed by atoms with Gasteiger partial charge in [0.2, 0.25) is 5.43 Å². The van der Waals surface area contributed by atoms with Crippen LogP contribution >= 0.6 is 0 Å². The number of aromatic hydroxyl groups is 1. The molecule has 1 atom stereocenters. The molecule has 9 heteroatoms. The van der Waals surface area contributed by atoms with Crippen molar-refractivity contribution in [2.45, 2.75) is 38.9 Å². The largest absolute Gasteiger partial charge is 0.502 e. The summed E-state index contributed by atoms with van der Waals surface area (Å²) in [6.45, 7) is 2.81. The first-order valence-electron chi connectivity index (χ1n) is 10.0. The first-order chi connectivity index (χ1) is 14.4. The third-order valence-corrected chi connectivity index (χ3v) is 5.69. The lowest BCUT2D eigenvalue weighted by atomic mass is 10.1. The maximum absolute atomic E-state index is 13.8. The SMILES string of the molecule is CCN1C(=O)c2c(O)c(=O)c(C(=O)NCc3ccccc3F)cn2N2CCCC[C@@H]12. The van der Waals surface area contributed by atoms with Gasteiger partial charge in [-0.05, 0) is 32.3 Å². The van der Waals surface area contributed by atoms with E-state index in [-0.39, 0.29) is 29.5 Å². The fourth-order valence-electron chi connectivity index (χ4n) is 4.16. The predicted octanol–water partition coefficient (Wildman–Crippen LogP) is 1.55. The minimum atomic E-state index is -0.924. The summed E-state index contributed by atoms with van der Waals surface area (Å²) in [6, 6.07) is 6.00. The number of amides is 2. The average molecular weight is 414 g/mol. The summed E-state index contributed by atoms with van der Waals surface area (Å²) in [5, 5.41) is 14.9. The van der Waals surface area contributed by atoms with Crippen LogP contribution < -0.4 is 15.8 Å². The maximum atomic E-state index is 13.8. The second-order valence-corrected chi connectivity index (χ2v) is 7.42. The van der Waals surface area contributed by atoms with Gasteiger partial charge in [-0.1, -0.05) is 18.2 Å². The highest BCUT2D eigenvalue weighted by Gasteiger charge is 2.40. The van der Waals surface area contributed by atoms with Crippen LogP contribution in [0.1, 0.15) is 52.6 Å². The number of nitrogens with one attached hydrogen (secondary N) is 1. The van der Waals surface area contributed by atoms with Crippen LogP contribution in [0.2, 0.25) is 0 Å². The fraction of sp³-hybridized carbons (Fsp3) is 0.381. The number of fused-ring (bicyclic) bond motifs is 3. The molecule has 1 fully saturated rings. The molecular formula is C21H23FN4O4. The first kappa shape index (κ1) is 19.9. The number of pyridine rings is 1. The van der Waals surface area contributed by atoms with Crippen molar-refractivity contribution in [1.29, 1.82) is 0 Å². The molecule has 0 aliphatic carbocycles. The molecule has 2 aliphatic rings. The van der Waals surface area contributed by atoms with Crippen molar-refractivity contribution >= 4 is 11.8 Å². The molecule has 30 heavy (non-hydrogen) atoms. The number of nitrogens with zero attached hydrogens (tertiary/aromatic N) is 3. The van der Waals surface area contributed by atoms with Crippen LogP contribution in [-0.4, -0.2) is 45.8 Å². The van der Waals surface area contributed by atoms with Crippen LogP contribution in [0.25, 0.3) is 0 Å². The Morgan fingerprint density at radius 3 is 2.77 bits per heavy atom. The number of benzene rings is 1. The van der Waals surface area contributed by atoms with Crippen LogP contribution in [0.15, 0.2) is 35.3 Å². The van der Waals surface area contributed by atoms with Gasteiger partial charge in [0.15, 0.2) is 11.4 Å². The Balaban J connectivity index is 1.71. The fourth-order valence-corrected chi connectivity index (χ4v) is 4.16.